The number of fused-ring (bicyclic) bond motifs is 1. The maximum atomic E-state index is 12.9. The summed E-state index contributed by atoms with van der Waals surface area (Å²) in [6.45, 7) is 0. The SMILES string of the molecule is COc1cc(C(=O)NC2=CC(c3nc4ccncc4s3)CC=C2)cc(OC)c1OC. The molecule has 0 bridgehead atoms. The lowest BCUT2D eigenvalue weighted by Crippen LogP contribution is -2.23. The van der Waals surface area contributed by atoms with Gasteiger partial charge in [0.15, 0.2) is 11.5 Å². The van der Waals surface area contributed by atoms with E-state index in [4.69, 9.17) is 19.2 Å². The molecule has 0 aliphatic heterocycles. The van der Waals surface area contributed by atoms with Gasteiger partial charge in [-0.3, -0.25) is 9.78 Å². The molecule has 0 saturated carbocycles. The van der Waals surface area contributed by atoms with Crippen molar-refractivity contribution in [2.75, 3.05) is 21.3 Å². The van der Waals surface area contributed by atoms with Crippen molar-refractivity contribution >= 4 is 27.5 Å². The molecule has 0 radical (unpaired) electrons. The molecule has 2 heterocycles. The molecule has 0 spiro atoms. The number of carbonyl (C=O) groups is 1. The largest absolute Gasteiger partial charge is 0.493 e. The number of ether oxygens (including phenoxy) is 3. The zero-order chi connectivity index (χ0) is 21.1. The van der Waals surface area contributed by atoms with Gasteiger partial charge in [-0.2, -0.15) is 0 Å². The second-order valence-electron chi connectivity index (χ2n) is 6.63. The van der Waals surface area contributed by atoms with Gasteiger partial charge in [0.25, 0.3) is 5.91 Å². The molecule has 4 rings (SSSR count). The van der Waals surface area contributed by atoms with Crippen LogP contribution in [0.1, 0.15) is 27.7 Å². The van der Waals surface area contributed by atoms with E-state index in [0.717, 1.165) is 27.3 Å². The molecule has 1 aromatic carbocycles. The molecular weight excluding hydrogens is 402 g/mol. The first-order valence-electron chi connectivity index (χ1n) is 9.33. The molecule has 154 valence electrons. The first-order valence-corrected chi connectivity index (χ1v) is 10.1. The van der Waals surface area contributed by atoms with Crippen molar-refractivity contribution in [1.29, 1.82) is 0 Å². The van der Waals surface area contributed by atoms with Crippen LogP contribution in [0.5, 0.6) is 17.2 Å². The number of hydrogen-bond acceptors (Lipinski definition) is 7. The Morgan fingerprint density at radius 1 is 1.17 bits per heavy atom. The number of amides is 1. The number of nitrogens with zero attached hydrogens (tertiary/aromatic N) is 2. The summed E-state index contributed by atoms with van der Waals surface area (Å²) in [5, 5.41) is 3.96. The Hall–Kier alpha value is -3.39. The molecular formula is C22H21N3O4S. The fourth-order valence-electron chi connectivity index (χ4n) is 3.31. The van der Waals surface area contributed by atoms with E-state index in [2.05, 4.69) is 10.3 Å². The van der Waals surface area contributed by atoms with Crippen molar-refractivity contribution in [3.8, 4) is 17.2 Å². The van der Waals surface area contributed by atoms with Crippen molar-refractivity contribution in [2.24, 2.45) is 0 Å². The maximum absolute atomic E-state index is 12.9. The summed E-state index contributed by atoms with van der Waals surface area (Å²) in [6, 6.07) is 5.16. The average Bonchev–Trinajstić information content (AvgIpc) is 3.22. The van der Waals surface area contributed by atoms with Gasteiger partial charge in [-0.15, -0.1) is 11.3 Å². The van der Waals surface area contributed by atoms with Gasteiger partial charge in [0.1, 0.15) is 5.01 Å². The zero-order valence-corrected chi connectivity index (χ0v) is 17.7. The first kappa shape index (κ1) is 19.9. The lowest BCUT2D eigenvalue weighted by atomic mass is 9.99. The predicted molar refractivity (Wildman–Crippen MR) is 116 cm³/mol. The predicted octanol–water partition coefficient (Wildman–Crippen LogP) is 4.07. The van der Waals surface area contributed by atoms with Gasteiger partial charge in [-0.1, -0.05) is 12.2 Å². The molecule has 0 fully saturated rings. The average molecular weight is 423 g/mol. The fourth-order valence-corrected chi connectivity index (χ4v) is 4.33. The van der Waals surface area contributed by atoms with Gasteiger partial charge in [0.05, 0.1) is 31.5 Å². The minimum atomic E-state index is -0.265. The highest BCUT2D eigenvalue weighted by atomic mass is 32.1. The fraction of sp³-hybridized carbons (Fsp3) is 0.227. The van der Waals surface area contributed by atoms with Gasteiger partial charge in [-0.05, 0) is 30.7 Å². The van der Waals surface area contributed by atoms with E-state index >= 15 is 0 Å². The standard InChI is InChI=1S/C22H21N3O4S/c1-27-17-10-14(11-18(28-2)20(17)29-3)21(26)24-15-6-4-5-13(9-15)22-25-16-7-8-23-12-19(16)30-22/h4,6-13H,5H2,1-3H3,(H,24,26). The van der Waals surface area contributed by atoms with E-state index < -0.39 is 0 Å². The zero-order valence-electron chi connectivity index (χ0n) is 16.8. The normalized spacial score (nSPS) is 15.6. The van der Waals surface area contributed by atoms with Crippen LogP contribution in [0.3, 0.4) is 0 Å². The van der Waals surface area contributed by atoms with Crippen LogP contribution in [0.4, 0.5) is 0 Å². The van der Waals surface area contributed by atoms with Crippen LogP contribution in [0.25, 0.3) is 10.2 Å². The van der Waals surface area contributed by atoms with Crippen LogP contribution in [0, 0.1) is 0 Å². The molecule has 1 unspecified atom stereocenters. The van der Waals surface area contributed by atoms with Crippen LogP contribution < -0.4 is 19.5 Å². The summed E-state index contributed by atoms with van der Waals surface area (Å²) in [4.78, 5) is 21.7. The molecule has 7 nitrogen and oxygen atoms in total. The summed E-state index contributed by atoms with van der Waals surface area (Å²) in [5.74, 6) is 1.13. The van der Waals surface area contributed by atoms with E-state index in [-0.39, 0.29) is 11.8 Å². The molecule has 1 atom stereocenters. The van der Waals surface area contributed by atoms with Crippen molar-refractivity contribution in [3.63, 3.8) is 0 Å². The molecule has 0 saturated heterocycles. The topological polar surface area (TPSA) is 82.6 Å². The Balaban J connectivity index is 1.57. The summed E-state index contributed by atoms with van der Waals surface area (Å²) >= 11 is 1.62. The molecule has 1 amide bonds. The first-order chi connectivity index (χ1) is 14.6. The van der Waals surface area contributed by atoms with Crippen LogP contribution in [0.15, 0.2) is 54.5 Å². The number of allylic oxidation sites excluding steroid dienone is 3. The molecule has 2 aromatic heterocycles. The van der Waals surface area contributed by atoms with Gasteiger partial charge >= 0.3 is 0 Å². The van der Waals surface area contributed by atoms with E-state index in [0.29, 0.717) is 22.8 Å². The van der Waals surface area contributed by atoms with Crippen molar-refractivity contribution in [3.05, 3.63) is 65.1 Å². The van der Waals surface area contributed by atoms with Crippen molar-refractivity contribution in [2.45, 2.75) is 12.3 Å². The van der Waals surface area contributed by atoms with Crippen LogP contribution in [-0.2, 0) is 0 Å². The Kier molecular flexibility index (Phi) is 5.67. The maximum Gasteiger partial charge on any atom is 0.255 e. The minimum absolute atomic E-state index is 0.0997. The molecule has 1 aliphatic rings. The number of pyridine rings is 1. The third-order valence-corrected chi connectivity index (χ3v) is 5.92. The summed E-state index contributed by atoms with van der Waals surface area (Å²) in [6.07, 6.45) is 10.4. The molecule has 30 heavy (non-hydrogen) atoms. The van der Waals surface area contributed by atoms with Gasteiger partial charge < -0.3 is 19.5 Å². The van der Waals surface area contributed by atoms with Gasteiger partial charge in [0, 0.05) is 29.6 Å². The Morgan fingerprint density at radius 3 is 2.60 bits per heavy atom. The quantitative estimate of drug-likeness (QED) is 0.643. The van der Waals surface area contributed by atoms with E-state index in [1.54, 1.807) is 29.7 Å². The lowest BCUT2D eigenvalue weighted by molar-refractivity contribution is 0.0966. The van der Waals surface area contributed by atoms with E-state index in [1.165, 1.54) is 21.3 Å². The highest BCUT2D eigenvalue weighted by molar-refractivity contribution is 7.18. The summed E-state index contributed by atoms with van der Waals surface area (Å²) in [5.41, 5.74) is 2.07. The van der Waals surface area contributed by atoms with Gasteiger partial charge in [0.2, 0.25) is 5.75 Å². The third kappa shape index (κ3) is 3.86. The Bertz CT molecular complexity index is 1090. The molecule has 8 heteroatoms. The van der Waals surface area contributed by atoms with Crippen molar-refractivity contribution < 1.29 is 19.0 Å². The second kappa shape index (κ2) is 8.54. The summed E-state index contributed by atoms with van der Waals surface area (Å²) in [7, 11) is 4.56. The Labute approximate surface area is 178 Å². The van der Waals surface area contributed by atoms with Gasteiger partial charge in [-0.25, -0.2) is 4.98 Å². The number of carbonyl (C=O) groups excluding carboxylic acids is 1. The number of benzene rings is 1. The molecule has 1 aliphatic carbocycles. The third-order valence-electron chi connectivity index (χ3n) is 4.78. The van der Waals surface area contributed by atoms with Crippen molar-refractivity contribution in [1.82, 2.24) is 15.3 Å². The smallest absolute Gasteiger partial charge is 0.255 e. The number of thiazole rings is 1. The number of nitrogens with one attached hydrogen (secondary N) is 1. The number of hydrogen-bond donors (Lipinski definition) is 1. The van der Waals surface area contributed by atoms with E-state index in [1.807, 2.05) is 30.5 Å². The summed E-state index contributed by atoms with van der Waals surface area (Å²) < 4.78 is 17.0. The monoisotopic (exact) mass is 423 g/mol. The number of methoxy groups -OCH3 is 3. The number of rotatable bonds is 6. The van der Waals surface area contributed by atoms with Crippen LogP contribution >= 0.6 is 11.3 Å². The van der Waals surface area contributed by atoms with E-state index in [9.17, 15) is 4.79 Å². The van der Waals surface area contributed by atoms with Crippen LogP contribution in [0.2, 0.25) is 0 Å². The second-order valence-corrected chi connectivity index (χ2v) is 7.69. The molecule has 3 aromatic rings. The lowest BCUT2D eigenvalue weighted by Gasteiger charge is -2.17. The van der Waals surface area contributed by atoms with Crippen LogP contribution in [-0.4, -0.2) is 37.2 Å². The Morgan fingerprint density at radius 2 is 1.93 bits per heavy atom. The molecule has 1 N–H and O–H groups in total. The number of aromatic nitrogens is 2. The highest BCUT2D eigenvalue weighted by Gasteiger charge is 2.20. The minimum Gasteiger partial charge on any atom is -0.493 e. The highest BCUT2D eigenvalue weighted by Crippen LogP contribution is 2.38.